The third-order valence-corrected chi connectivity index (χ3v) is 1.41. The van der Waals surface area contributed by atoms with Crippen LogP contribution in [0, 0.1) is 0 Å². The predicted octanol–water partition coefficient (Wildman–Crippen LogP) is -3.94. The van der Waals surface area contributed by atoms with Gasteiger partial charge in [0.25, 0.3) is 0 Å². The summed E-state index contributed by atoms with van der Waals surface area (Å²) < 4.78 is 0. The average Bonchev–Trinajstić information content (AvgIpc) is 1.85. The van der Waals surface area contributed by atoms with Gasteiger partial charge in [0.05, 0.1) is 11.5 Å². The molecule has 0 aromatic carbocycles. The van der Waals surface area contributed by atoms with Crippen molar-refractivity contribution in [2.75, 3.05) is 0 Å². The molecule has 0 atom stereocenters. The summed E-state index contributed by atoms with van der Waals surface area (Å²) in [4.78, 5) is 24.9. The minimum atomic E-state index is -1.44. The van der Waals surface area contributed by atoms with E-state index in [-0.39, 0.29) is 47.2 Å². The van der Waals surface area contributed by atoms with Crippen molar-refractivity contribution in [3.8, 4) is 0 Å². The van der Waals surface area contributed by atoms with E-state index in [1.807, 2.05) is 0 Å². The molecule has 58 valence electrons. The van der Waals surface area contributed by atoms with Crippen LogP contribution in [-0.4, -0.2) is 18.0 Å². The molecule has 1 rings (SSSR count). The minimum Gasteiger partial charge on any atom is -0.545 e. The number of nitrogens with zero attached hydrogens (tertiary/aromatic N) is 1. The van der Waals surface area contributed by atoms with Crippen molar-refractivity contribution in [2.24, 2.45) is 4.99 Å². The summed E-state index contributed by atoms with van der Waals surface area (Å²) in [6.45, 7) is 1.47. The number of hydrogen-bond acceptors (Lipinski definition) is 4. The van der Waals surface area contributed by atoms with E-state index in [1.54, 1.807) is 0 Å². The van der Waals surface area contributed by atoms with Crippen LogP contribution in [-0.2, 0) is 9.59 Å². The van der Waals surface area contributed by atoms with Crippen LogP contribution in [0.15, 0.2) is 16.3 Å². The molecule has 0 aromatic rings. The average molecular weight is 175 g/mol. The van der Waals surface area contributed by atoms with Crippen LogP contribution < -0.4 is 34.7 Å². The molecular weight excluding hydrogens is 169 g/mol. The van der Waals surface area contributed by atoms with Crippen molar-refractivity contribution in [1.82, 2.24) is 0 Å². The molecule has 12 heavy (non-hydrogen) atoms. The summed E-state index contributed by atoms with van der Waals surface area (Å²) in [5.74, 6) is -1.87. The summed E-state index contributed by atoms with van der Waals surface area (Å²) >= 11 is 0. The van der Waals surface area contributed by atoms with Crippen molar-refractivity contribution >= 4 is 18.0 Å². The summed E-state index contributed by atoms with van der Waals surface area (Å²) in [7, 11) is 0. The maximum absolute atomic E-state index is 10.9. The number of carboxylic acids is 1. The van der Waals surface area contributed by atoms with Crippen molar-refractivity contribution in [3.63, 3.8) is 0 Å². The van der Waals surface area contributed by atoms with Crippen LogP contribution in [0.25, 0.3) is 0 Å². The second-order valence-corrected chi connectivity index (χ2v) is 2.19. The number of aliphatic imine (C=N–C) groups is 1. The van der Waals surface area contributed by atoms with Gasteiger partial charge in [0.1, 0.15) is 0 Å². The van der Waals surface area contributed by atoms with E-state index in [9.17, 15) is 14.7 Å². The molecule has 5 heteroatoms. The first-order valence-corrected chi connectivity index (χ1v) is 3.11. The summed E-state index contributed by atoms with van der Waals surface area (Å²) in [6.07, 6.45) is 1.45. The molecule has 1 aliphatic rings. The first-order valence-electron chi connectivity index (χ1n) is 3.11. The number of rotatable bonds is 1. The molecular formula is C7H6NNaO3. The molecule has 1 aliphatic heterocycles. The maximum Gasteiger partial charge on any atom is 1.00 e. The van der Waals surface area contributed by atoms with Gasteiger partial charge in [0, 0.05) is 18.3 Å². The molecule has 0 radical (unpaired) electrons. The zero-order valence-corrected chi connectivity index (χ0v) is 8.96. The van der Waals surface area contributed by atoms with Crippen LogP contribution >= 0.6 is 0 Å². The number of aliphatic carboxylic acids is 1. The van der Waals surface area contributed by atoms with E-state index in [0.29, 0.717) is 0 Å². The Balaban J connectivity index is 0.00000121. The van der Waals surface area contributed by atoms with Gasteiger partial charge in [0.15, 0.2) is 5.78 Å². The summed E-state index contributed by atoms with van der Waals surface area (Å²) in [5.41, 5.74) is -0.0752. The number of carboxylic acid groups (broad SMARTS) is 1. The van der Waals surface area contributed by atoms with Gasteiger partial charge in [-0.3, -0.25) is 9.79 Å². The van der Waals surface area contributed by atoms with Crippen LogP contribution in [0.3, 0.4) is 0 Å². The largest absolute Gasteiger partial charge is 1.00 e. The van der Waals surface area contributed by atoms with E-state index >= 15 is 0 Å². The van der Waals surface area contributed by atoms with E-state index in [2.05, 4.69) is 4.99 Å². The summed E-state index contributed by atoms with van der Waals surface area (Å²) in [6, 6.07) is 0. The zero-order chi connectivity index (χ0) is 8.43. The molecule has 0 aliphatic carbocycles. The van der Waals surface area contributed by atoms with Crippen LogP contribution in [0.2, 0.25) is 0 Å². The molecule has 0 N–H and O–H groups in total. The second kappa shape index (κ2) is 4.54. The number of carbonyl (C=O) groups is 2. The maximum atomic E-state index is 10.9. The van der Waals surface area contributed by atoms with Crippen LogP contribution in [0.4, 0.5) is 0 Å². The van der Waals surface area contributed by atoms with Crippen molar-refractivity contribution < 1.29 is 44.3 Å². The van der Waals surface area contributed by atoms with Gasteiger partial charge >= 0.3 is 29.6 Å². The monoisotopic (exact) mass is 175 g/mol. The number of carbonyl (C=O) groups excluding carboxylic acids is 2. The van der Waals surface area contributed by atoms with Crippen LogP contribution in [0.5, 0.6) is 0 Å². The zero-order valence-electron chi connectivity index (χ0n) is 6.96. The molecule has 0 saturated carbocycles. The fourth-order valence-corrected chi connectivity index (χ4v) is 0.895. The Morgan fingerprint density at radius 1 is 1.67 bits per heavy atom. The Kier molecular flexibility index (Phi) is 4.37. The first kappa shape index (κ1) is 11.6. The Morgan fingerprint density at radius 3 is 2.58 bits per heavy atom. The second-order valence-electron chi connectivity index (χ2n) is 2.19. The Morgan fingerprint density at radius 2 is 2.25 bits per heavy atom. The molecule has 4 nitrogen and oxygen atoms in total. The fraction of sp³-hybridized carbons (Fsp3) is 0.286. The molecule has 0 saturated heterocycles. The molecule has 0 amide bonds. The number of ketones is 1. The third-order valence-electron chi connectivity index (χ3n) is 1.41. The SMILES string of the molecule is CC1=C(C(=O)[O-])C(=O)CC=N1.[Na+]. The van der Waals surface area contributed by atoms with Crippen LogP contribution in [0.1, 0.15) is 13.3 Å². The van der Waals surface area contributed by atoms with Gasteiger partial charge in [-0.05, 0) is 6.92 Å². The minimum absolute atomic E-state index is 0. The number of allylic oxidation sites excluding steroid dienone is 1. The summed E-state index contributed by atoms with van der Waals surface area (Å²) in [5, 5.41) is 10.3. The van der Waals surface area contributed by atoms with Gasteiger partial charge in [-0.25, -0.2) is 0 Å². The number of Topliss-reactive ketones (excluding diaryl/α,β-unsaturated/α-hetero) is 1. The Labute approximate surface area is 91.7 Å². The van der Waals surface area contributed by atoms with Gasteiger partial charge in [-0.1, -0.05) is 0 Å². The van der Waals surface area contributed by atoms with Crippen molar-refractivity contribution in [3.05, 3.63) is 11.3 Å². The molecule has 0 spiro atoms. The van der Waals surface area contributed by atoms with Crippen molar-refractivity contribution in [1.29, 1.82) is 0 Å². The van der Waals surface area contributed by atoms with Gasteiger partial charge in [-0.2, -0.15) is 0 Å². The molecule has 0 unspecified atom stereocenters. The smallest absolute Gasteiger partial charge is 0.545 e. The molecule has 0 aromatic heterocycles. The van der Waals surface area contributed by atoms with Crippen molar-refractivity contribution in [2.45, 2.75) is 13.3 Å². The van der Waals surface area contributed by atoms with Gasteiger partial charge in [-0.15, -0.1) is 0 Å². The first-order chi connectivity index (χ1) is 5.13. The van der Waals surface area contributed by atoms with E-state index in [0.717, 1.165) is 0 Å². The third kappa shape index (κ3) is 2.27. The number of hydrogen-bond donors (Lipinski definition) is 0. The molecule has 0 fully saturated rings. The van der Waals surface area contributed by atoms with Gasteiger partial charge in [0.2, 0.25) is 0 Å². The Hall–Kier alpha value is -0.450. The van der Waals surface area contributed by atoms with E-state index in [1.165, 1.54) is 13.1 Å². The predicted molar refractivity (Wildman–Crippen MR) is 35.8 cm³/mol. The molecule has 1 heterocycles. The standard InChI is InChI=1S/C7H7NO3.Na/c1-4-6(7(10)11)5(9)2-3-8-4;/h3H,2H2,1H3,(H,10,11);/q;+1/p-1. The quantitative estimate of drug-likeness (QED) is 0.302. The Bertz CT molecular complexity index is 280. The fourth-order valence-electron chi connectivity index (χ4n) is 0.895. The van der Waals surface area contributed by atoms with E-state index in [4.69, 9.17) is 0 Å². The topological polar surface area (TPSA) is 69.6 Å². The molecule has 0 bridgehead atoms. The normalized spacial score (nSPS) is 15.9. The van der Waals surface area contributed by atoms with E-state index < -0.39 is 11.8 Å². The van der Waals surface area contributed by atoms with Gasteiger partial charge < -0.3 is 9.90 Å².